The third kappa shape index (κ3) is 5.54. The third-order valence-corrected chi connectivity index (χ3v) is 3.79. The summed E-state index contributed by atoms with van der Waals surface area (Å²) in [6.45, 7) is 0.827. The van der Waals surface area contributed by atoms with Crippen molar-refractivity contribution in [1.29, 1.82) is 0 Å². The summed E-state index contributed by atoms with van der Waals surface area (Å²) in [5.74, 6) is -1.32. The highest BCUT2D eigenvalue weighted by atomic mass is 16.7. The van der Waals surface area contributed by atoms with Crippen molar-refractivity contribution >= 4 is 29.8 Å². The van der Waals surface area contributed by atoms with Crippen LogP contribution in [-0.4, -0.2) is 65.9 Å². The molecule has 9 nitrogen and oxygen atoms in total. The number of imide groups is 2. The summed E-state index contributed by atoms with van der Waals surface area (Å²) < 4.78 is 9.76. The van der Waals surface area contributed by atoms with Crippen LogP contribution in [0.3, 0.4) is 0 Å². The molecule has 2 rings (SSSR count). The van der Waals surface area contributed by atoms with Crippen LogP contribution in [0.2, 0.25) is 0 Å². The second-order valence-electron chi connectivity index (χ2n) is 5.68. The maximum absolute atomic E-state index is 11.4. The zero-order valence-corrected chi connectivity index (χ0v) is 14.2. The molecule has 4 amide bonds. The van der Waals surface area contributed by atoms with Crippen molar-refractivity contribution in [2.75, 3.05) is 26.3 Å². The lowest BCUT2D eigenvalue weighted by Gasteiger charge is -2.13. The normalized spacial score (nSPS) is 16.2. The minimum atomic E-state index is -0.796. The van der Waals surface area contributed by atoms with Gasteiger partial charge < -0.3 is 9.47 Å². The second-order valence-corrected chi connectivity index (χ2v) is 5.68. The van der Waals surface area contributed by atoms with Crippen LogP contribution in [-0.2, 0) is 28.7 Å². The van der Waals surface area contributed by atoms with Crippen molar-refractivity contribution in [2.45, 2.75) is 25.7 Å². The van der Waals surface area contributed by atoms with E-state index in [4.69, 9.17) is 9.47 Å². The van der Waals surface area contributed by atoms with Gasteiger partial charge >= 0.3 is 6.16 Å². The minimum Gasteiger partial charge on any atom is -0.434 e. The third-order valence-electron chi connectivity index (χ3n) is 3.79. The van der Waals surface area contributed by atoms with E-state index in [0.29, 0.717) is 25.7 Å². The number of carbonyl (C=O) groups excluding carboxylic acids is 5. The molecule has 0 aliphatic carbocycles. The highest BCUT2D eigenvalue weighted by molar-refractivity contribution is 6.13. The lowest BCUT2D eigenvalue weighted by molar-refractivity contribution is -0.138. The number of carbonyl (C=O) groups is 5. The standard InChI is InChI=1S/C17H20N2O7/c20-13-5-6-14(21)18(13)9-1-3-11-25-17(24)26-12-4-2-10-19-15(22)7-8-16(19)23/h5-8H,1-4,9-12H2. The van der Waals surface area contributed by atoms with Crippen molar-refractivity contribution < 1.29 is 33.4 Å². The molecular formula is C17H20N2O7. The highest BCUT2D eigenvalue weighted by Crippen LogP contribution is 2.07. The Kier molecular flexibility index (Phi) is 7.07. The van der Waals surface area contributed by atoms with Gasteiger partial charge in [-0.05, 0) is 25.7 Å². The molecule has 140 valence electrons. The fraction of sp³-hybridized carbons (Fsp3) is 0.471. The SMILES string of the molecule is O=C(OCCCCN1C(=O)C=CC1=O)OCCCCN1C(=O)C=CC1=O. The second kappa shape index (κ2) is 9.50. The molecule has 0 bridgehead atoms. The van der Waals surface area contributed by atoms with Crippen LogP contribution in [0.15, 0.2) is 24.3 Å². The van der Waals surface area contributed by atoms with Crippen LogP contribution in [0.1, 0.15) is 25.7 Å². The van der Waals surface area contributed by atoms with Crippen molar-refractivity contribution in [2.24, 2.45) is 0 Å². The predicted molar refractivity (Wildman–Crippen MR) is 87.5 cm³/mol. The molecule has 0 saturated heterocycles. The average molecular weight is 364 g/mol. The monoisotopic (exact) mass is 364 g/mol. The molecule has 9 heteroatoms. The molecule has 0 spiro atoms. The molecule has 26 heavy (non-hydrogen) atoms. The molecule has 0 aromatic rings. The van der Waals surface area contributed by atoms with E-state index in [1.165, 1.54) is 24.3 Å². The summed E-state index contributed by atoms with van der Waals surface area (Å²) in [6, 6.07) is 0. The molecule has 0 unspecified atom stereocenters. The molecular weight excluding hydrogens is 344 g/mol. The first-order valence-electron chi connectivity index (χ1n) is 8.35. The molecule has 0 atom stereocenters. The van der Waals surface area contributed by atoms with Crippen molar-refractivity contribution in [3.8, 4) is 0 Å². The molecule has 0 aromatic heterocycles. The zero-order valence-electron chi connectivity index (χ0n) is 14.2. The first kappa shape index (κ1) is 19.4. The van der Waals surface area contributed by atoms with Crippen LogP contribution in [0.4, 0.5) is 4.79 Å². The number of amides is 4. The van der Waals surface area contributed by atoms with E-state index in [2.05, 4.69) is 0 Å². The highest BCUT2D eigenvalue weighted by Gasteiger charge is 2.23. The Morgan fingerprint density at radius 1 is 0.654 bits per heavy atom. The van der Waals surface area contributed by atoms with E-state index in [-0.39, 0.29) is 49.9 Å². The molecule has 0 radical (unpaired) electrons. The Morgan fingerprint density at radius 3 is 1.35 bits per heavy atom. The van der Waals surface area contributed by atoms with Gasteiger partial charge in [0, 0.05) is 37.4 Å². The molecule has 0 fully saturated rings. The van der Waals surface area contributed by atoms with E-state index in [1.54, 1.807) is 0 Å². The van der Waals surface area contributed by atoms with Crippen LogP contribution in [0.5, 0.6) is 0 Å². The number of hydrogen-bond donors (Lipinski definition) is 0. The van der Waals surface area contributed by atoms with Gasteiger partial charge in [-0.1, -0.05) is 0 Å². The van der Waals surface area contributed by atoms with Gasteiger partial charge in [-0.15, -0.1) is 0 Å². The van der Waals surface area contributed by atoms with Crippen LogP contribution < -0.4 is 0 Å². The van der Waals surface area contributed by atoms with E-state index in [1.807, 2.05) is 0 Å². The number of hydrogen-bond acceptors (Lipinski definition) is 7. The summed E-state index contributed by atoms with van der Waals surface area (Å²) >= 11 is 0. The average Bonchev–Trinajstić information content (AvgIpc) is 3.10. The van der Waals surface area contributed by atoms with Crippen molar-refractivity contribution in [1.82, 2.24) is 9.80 Å². The van der Waals surface area contributed by atoms with Gasteiger partial charge in [0.15, 0.2) is 0 Å². The first-order chi connectivity index (χ1) is 12.5. The van der Waals surface area contributed by atoms with Crippen molar-refractivity contribution in [3.05, 3.63) is 24.3 Å². The molecule has 2 aliphatic rings. The fourth-order valence-corrected chi connectivity index (χ4v) is 2.40. The smallest absolute Gasteiger partial charge is 0.434 e. The Bertz CT molecular complexity index is 563. The van der Waals surface area contributed by atoms with Crippen molar-refractivity contribution in [3.63, 3.8) is 0 Å². The van der Waals surface area contributed by atoms with Crippen LogP contribution >= 0.6 is 0 Å². The molecule has 2 aliphatic heterocycles. The number of rotatable bonds is 10. The Balaban J connectivity index is 1.44. The largest absolute Gasteiger partial charge is 0.508 e. The molecule has 2 heterocycles. The van der Waals surface area contributed by atoms with Crippen LogP contribution in [0.25, 0.3) is 0 Å². The first-order valence-corrected chi connectivity index (χ1v) is 8.35. The lowest BCUT2D eigenvalue weighted by atomic mass is 10.3. The molecule has 0 aromatic carbocycles. The number of ether oxygens (including phenoxy) is 2. The quantitative estimate of drug-likeness (QED) is 0.316. The number of unbranched alkanes of at least 4 members (excludes halogenated alkanes) is 2. The van der Waals surface area contributed by atoms with Gasteiger partial charge in [0.2, 0.25) is 0 Å². The lowest BCUT2D eigenvalue weighted by Crippen LogP contribution is -2.31. The van der Waals surface area contributed by atoms with Gasteiger partial charge in [0.25, 0.3) is 23.6 Å². The summed E-state index contributed by atoms with van der Waals surface area (Å²) in [5.41, 5.74) is 0. The van der Waals surface area contributed by atoms with Gasteiger partial charge in [-0.3, -0.25) is 29.0 Å². The zero-order chi connectivity index (χ0) is 18.9. The maximum Gasteiger partial charge on any atom is 0.508 e. The Morgan fingerprint density at radius 2 is 1.00 bits per heavy atom. The van der Waals surface area contributed by atoms with Gasteiger partial charge in [-0.25, -0.2) is 4.79 Å². The summed E-state index contributed by atoms with van der Waals surface area (Å²) in [7, 11) is 0. The maximum atomic E-state index is 11.4. The number of nitrogens with zero attached hydrogens (tertiary/aromatic N) is 2. The van der Waals surface area contributed by atoms with E-state index >= 15 is 0 Å². The summed E-state index contributed by atoms with van der Waals surface area (Å²) in [4.78, 5) is 58.9. The summed E-state index contributed by atoms with van der Waals surface area (Å²) in [5, 5.41) is 0. The Labute approximate surface area is 150 Å². The van der Waals surface area contributed by atoms with Gasteiger partial charge in [-0.2, -0.15) is 0 Å². The van der Waals surface area contributed by atoms with Crippen LogP contribution in [0, 0.1) is 0 Å². The molecule has 0 saturated carbocycles. The topological polar surface area (TPSA) is 110 Å². The molecule has 0 N–H and O–H groups in total. The predicted octanol–water partition coefficient (Wildman–Crippen LogP) is 0.550. The van der Waals surface area contributed by atoms with Gasteiger partial charge in [0.05, 0.1) is 13.2 Å². The Hall–Kier alpha value is -2.97. The fourth-order valence-electron chi connectivity index (χ4n) is 2.40. The van der Waals surface area contributed by atoms with Gasteiger partial charge in [0.1, 0.15) is 0 Å². The van der Waals surface area contributed by atoms with E-state index in [9.17, 15) is 24.0 Å². The summed E-state index contributed by atoms with van der Waals surface area (Å²) in [6.07, 6.45) is 6.15. The van der Waals surface area contributed by atoms with E-state index < -0.39 is 6.16 Å². The minimum absolute atomic E-state index is 0.130. The van der Waals surface area contributed by atoms with E-state index in [0.717, 1.165) is 9.80 Å².